The molecule has 0 saturated carbocycles. The number of thiazole rings is 1. The Labute approximate surface area is 254 Å². The summed E-state index contributed by atoms with van der Waals surface area (Å²) in [6.45, 7) is 13.1. The number of carboxylic acid groups (broad SMARTS) is 1. The van der Waals surface area contributed by atoms with Crippen molar-refractivity contribution in [1.29, 1.82) is 0 Å². The van der Waals surface area contributed by atoms with E-state index in [1.54, 1.807) is 24.3 Å². The first-order chi connectivity index (χ1) is 19.7. The minimum atomic E-state index is -0.927. The number of carbonyl (C=O) groups excluding carboxylic acids is 3. The molecule has 2 rings (SSSR count). The summed E-state index contributed by atoms with van der Waals surface area (Å²) < 4.78 is 5.68. The number of hydrogen-bond acceptors (Lipinski definition) is 7. The summed E-state index contributed by atoms with van der Waals surface area (Å²) in [4.78, 5) is 56.5. The summed E-state index contributed by atoms with van der Waals surface area (Å²) in [7, 11) is 1.79. The van der Waals surface area contributed by atoms with E-state index in [0.717, 1.165) is 12.0 Å². The van der Waals surface area contributed by atoms with Gasteiger partial charge in [0.1, 0.15) is 10.7 Å². The number of aromatic nitrogens is 1. The molecule has 0 fully saturated rings. The van der Waals surface area contributed by atoms with E-state index in [2.05, 4.69) is 24.1 Å². The minimum Gasteiger partial charge on any atom is -0.481 e. The molecular weight excluding hydrogens is 554 g/mol. The lowest BCUT2D eigenvalue weighted by atomic mass is 9.90. The van der Waals surface area contributed by atoms with Crippen LogP contribution in [0.25, 0.3) is 0 Å². The Kier molecular flexibility index (Phi) is 13.6. The third-order valence-corrected chi connectivity index (χ3v) is 8.95. The Balaban J connectivity index is 2.26. The lowest BCUT2D eigenvalue weighted by molar-refractivity contribution is -0.149. The molecule has 2 aromatic rings. The van der Waals surface area contributed by atoms with Crippen LogP contribution in [0, 0.1) is 23.7 Å². The van der Waals surface area contributed by atoms with E-state index in [9.17, 15) is 24.3 Å². The van der Waals surface area contributed by atoms with Gasteiger partial charge in [0, 0.05) is 43.8 Å². The van der Waals surface area contributed by atoms with E-state index >= 15 is 0 Å². The molecule has 0 aliphatic carbocycles. The first-order valence-electron chi connectivity index (χ1n) is 14.7. The van der Waals surface area contributed by atoms with Crippen LogP contribution in [-0.4, -0.2) is 57.9 Å². The average Bonchev–Trinajstić information content (AvgIpc) is 3.44. The number of aliphatic carboxylic acids is 1. The van der Waals surface area contributed by atoms with Crippen LogP contribution in [0.1, 0.15) is 94.9 Å². The van der Waals surface area contributed by atoms with Crippen LogP contribution in [0.2, 0.25) is 0 Å². The molecule has 0 aliphatic rings. The monoisotopic (exact) mass is 601 g/mol. The third kappa shape index (κ3) is 10.2. The molecule has 0 spiro atoms. The predicted octanol–water partition coefficient (Wildman–Crippen LogP) is 5.75. The molecule has 1 aromatic heterocycles. The first-order valence-corrected chi connectivity index (χ1v) is 15.6. The molecule has 0 saturated heterocycles. The number of ether oxygens (including phenoxy) is 1. The van der Waals surface area contributed by atoms with Gasteiger partial charge < -0.3 is 20.1 Å². The molecule has 1 aromatic carbocycles. The van der Waals surface area contributed by atoms with E-state index in [0.29, 0.717) is 17.8 Å². The fourth-order valence-electron chi connectivity index (χ4n) is 5.00. The van der Waals surface area contributed by atoms with Gasteiger partial charge in [-0.25, -0.2) is 4.98 Å². The van der Waals surface area contributed by atoms with Crippen LogP contribution >= 0.6 is 11.3 Å². The normalized spacial score (nSPS) is 15.6. The molecule has 42 heavy (non-hydrogen) atoms. The van der Waals surface area contributed by atoms with Crippen LogP contribution in [0.3, 0.4) is 0 Å². The average molecular weight is 602 g/mol. The summed E-state index contributed by atoms with van der Waals surface area (Å²) in [5, 5.41) is 14.5. The second-order valence-corrected chi connectivity index (χ2v) is 12.6. The highest BCUT2D eigenvalue weighted by molar-refractivity contribution is 7.09. The van der Waals surface area contributed by atoms with Gasteiger partial charge in [0.05, 0.1) is 5.92 Å². The number of hydrogen-bond donors (Lipinski definition) is 2. The van der Waals surface area contributed by atoms with Crippen molar-refractivity contribution >= 4 is 35.1 Å². The van der Waals surface area contributed by atoms with E-state index in [1.807, 2.05) is 51.1 Å². The summed E-state index contributed by atoms with van der Waals surface area (Å²) in [6, 6.07) is 8.93. The highest BCUT2D eigenvalue weighted by Crippen LogP contribution is 2.31. The molecule has 1 heterocycles. The van der Waals surface area contributed by atoms with Gasteiger partial charge in [-0.15, -0.1) is 11.3 Å². The van der Waals surface area contributed by atoms with Crippen molar-refractivity contribution in [3.05, 3.63) is 52.0 Å². The van der Waals surface area contributed by atoms with Crippen molar-refractivity contribution in [2.45, 2.75) is 92.3 Å². The Morgan fingerprint density at radius 1 is 1.05 bits per heavy atom. The van der Waals surface area contributed by atoms with E-state index in [1.165, 1.54) is 18.3 Å². The zero-order chi connectivity index (χ0) is 31.6. The van der Waals surface area contributed by atoms with Crippen LogP contribution in [0.5, 0.6) is 0 Å². The van der Waals surface area contributed by atoms with Crippen LogP contribution < -0.4 is 5.32 Å². The standard InChI is InChI=1S/C32H47N3O6S/c1-9-20(4)22(6)31(38)35(8)27(19(2)3)17-28(41-23(7)36)30-34-26(18-42-30)29(37)33-25(15-21(5)32(39)40)16-24-13-11-10-12-14-24/h10-14,18-22,25,27-28H,9,15-17H2,1-8H3,(H,33,37)(H,39,40)/t20?,21-,22-,25+,27+,28+/m0/s1. The van der Waals surface area contributed by atoms with Crippen LogP contribution in [0.15, 0.2) is 35.7 Å². The van der Waals surface area contributed by atoms with Crippen LogP contribution in [-0.2, 0) is 25.5 Å². The zero-order valence-electron chi connectivity index (χ0n) is 26.1. The fourth-order valence-corrected chi connectivity index (χ4v) is 5.84. The van der Waals surface area contributed by atoms with Gasteiger partial charge in [0.25, 0.3) is 5.91 Å². The second kappa shape index (κ2) is 16.4. The molecule has 6 atom stereocenters. The number of carboxylic acids is 1. The van der Waals surface area contributed by atoms with Crippen molar-refractivity contribution in [2.75, 3.05) is 7.05 Å². The highest BCUT2D eigenvalue weighted by Gasteiger charge is 2.33. The molecule has 10 heteroatoms. The van der Waals surface area contributed by atoms with Gasteiger partial charge in [0.2, 0.25) is 5.91 Å². The SMILES string of the molecule is CCC(C)[C@H](C)C(=O)N(C)[C@H](C[C@@H](OC(C)=O)c1nc(C(=O)N[C@@H](Cc2ccccc2)C[C@H](C)C(=O)O)cs1)C(C)C. The molecule has 1 unspecified atom stereocenters. The van der Waals surface area contributed by atoms with E-state index in [4.69, 9.17) is 4.74 Å². The molecule has 2 amide bonds. The van der Waals surface area contributed by atoms with Crippen molar-refractivity contribution in [3.8, 4) is 0 Å². The lowest BCUT2D eigenvalue weighted by Gasteiger charge is -2.36. The Morgan fingerprint density at radius 2 is 1.69 bits per heavy atom. The van der Waals surface area contributed by atoms with E-state index in [-0.39, 0.29) is 41.8 Å². The van der Waals surface area contributed by atoms with Gasteiger partial charge in [-0.1, -0.05) is 78.3 Å². The first kappa shape index (κ1) is 34.9. The largest absolute Gasteiger partial charge is 0.481 e. The molecule has 0 bridgehead atoms. The van der Waals surface area contributed by atoms with Gasteiger partial charge in [-0.3, -0.25) is 19.2 Å². The molecule has 232 valence electrons. The van der Waals surface area contributed by atoms with Crippen molar-refractivity contribution < 1.29 is 29.0 Å². The van der Waals surface area contributed by atoms with E-state index < -0.39 is 35.9 Å². The van der Waals surface area contributed by atoms with Crippen molar-refractivity contribution in [3.63, 3.8) is 0 Å². The number of benzene rings is 1. The number of esters is 1. The third-order valence-electron chi connectivity index (χ3n) is 8.02. The van der Waals surface area contributed by atoms with Gasteiger partial charge in [-0.2, -0.15) is 0 Å². The summed E-state index contributed by atoms with van der Waals surface area (Å²) >= 11 is 1.22. The number of amides is 2. The summed E-state index contributed by atoms with van der Waals surface area (Å²) in [6.07, 6.45) is 1.24. The molecule has 0 radical (unpaired) electrons. The Bertz CT molecular complexity index is 1180. The maximum atomic E-state index is 13.3. The smallest absolute Gasteiger partial charge is 0.306 e. The Hall–Kier alpha value is -3.27. The molecule has 0 aliphatic heterocycles. The van der Waals surface area contributed by atoms with Crippen LogP contribution in [0.4, 0.5) is 0 Å². The maximum Gasteiger partial charge on any atom is 0.306 e. The Morgan fingerprint density at radius 3 is 2.24 bits per heavy atom. The highest BCUT2D eigenvalue weighted by atomic mass is 32.1. The number of carbonyl (C=O) groups is 4. The molecule has 2 N–H and O–H groups in total. The second-order valence-electron chi connectivity index (χ2n) is 11.7. The quantitative estimate of drug-likeness (QED) is 0.235. The summed E-state index contributed by atoms with van der Waals surface area (Å²) in [5.74, 6) is -2.25. The van der Waals surface area contributed by atoms with Gasteiger partial charge >= 0.3 is 11.9 Å². The molecular formula is C32H47N3O6S. The number of nitrogens with one attached hydrogen (secondary N) is 1. The lowest BCUT2D eigenvalue weighted by Crippen LogP contribution is -2.45. The maximum absolute atomic E-state index is 13.3. The topological polar surface area (TPSA) is 126 Å². The molecule has 9 nitrogen and oxygen atoms in total. The van der Waals surface area contributed by atoms with Gasteiger partial charge in [-0.05, 0) is 30.2 Å². The predicted molar refractivity (Wildman–Crippen MR) is 164 cm³/mol. The van der Waals surface area contributed by atoms with Crippen molar-refractivity contribution in [1.82, 2.24) is 15.2 Å². The van der Waals surface area contributed by atoms with Crippen molar-refractivity contribution in [2.24, 2.45) is 23.7 Å². The number of nitrogens with zero attached hydrogens (tertiary/aromatic N) is 2. The minimum absolute atomic E-state index is 0.0453. The van der Waals surface area contributed by atoms with Gasteiger partial charge in [0.15, 0.2) is 6.10 Å². The number of rotatable bonds is 16. The zero-order valence-corrected chi connectivity index (χ0v) is 26.9. The summed E-state index contributed by atoms with van der Waals surface area (Å²) in [5.41, 5.74) is 1.15. The fraction of sp³-hybridized carbons (Fsp3) is 0.594.